The molecule has 0 radical (unpaired) electrons. The van der Waals surface area contributed by atoms with Crippen LogP contribution in [0.25, 0.3) is 5.69 Å². The highest BCUT2D eigenvalue weighted by molar-refractivity contribution is 7.99. The number of aliphatic carboxylic acids is 1. The molecule has 0 aliphatic heterocycles. The van der Waals surface area contributed by atoms with Crippen molar-refractivity contribution >= 4 is 17.7 Å². The van der Waals surface area contributed by atoms with Crippen LogP contribution in [0.15, 0.2) is 40.4 Å². The summed E-state index contributed by atoms with van der Waals surface area (Å²) in [5.41, 5.74) is -0.0817. The molecule has 1 N–H and O–H groups in total. The molecule has 1 aromatic heterocycles. The first-order chi connectivity index (χ1) is 10.0. The fourth-order valence-electron chi connectivity index (χ4n) is 1.62. The molecule has 0 saturated heterocycles. The number of carboxylic acids is 1. The lowest BCUT2D eigenvalue weighted by Crippen LogP contribution is -2.13. The van der Waals surface area contributed by atoms with Crippen LogP contribution in [0, 0.1) is 5.82 Å². The molecule has 1 aromatic carbocycles. The highest BCUT2D eigenvalue weighted by atomic mass is 32.2. The van der Waals surface area contributed by atoms with Crippen LogP contribution in [0.2, 0.25) is 0 Å². The summed E-state index contributed by atoms with van der Waals surface area (Å²) in [5, 5.41) is 8.88. The minimum atomic E-state index is -1.04. The van der Waals surface area contributed by atoms with Gasteiger partial charge in [0.05, 0.1) is 18.6 Å². The fourth-order valence-corrected chi connectivity index (χ4v) is 2.33. The van der Waals surface area contributed by atoms with Crippen molar-refractivity contribution in [2.75, 3.05) is 12.9 Å². The highest BCUT2D eigenvalue weighted by Crippen LogP contribution is 2.23. The lowest BCUT2D eigenvalue weighted by atomic mass is 10.3. The van der Waals surface area contributed by atoms with E-state index in [0.29, 0.717) is 5.69 Å². The number of rotatable bonds is 5. The first-order valence-electron chi connectivity index (χ1n) is 5.79. The molecule has 2 aromatic rings. The number of carboxylic acid groups (broad SMARTS) is 1. The summed E-state index contributed by atoms with van der Waals surface area (Å²) >= 11 is 0.879. The van der Waals surface area contributed by atoms with Gasteiger partial charge >= 0.3 is 5.97 Å². The Morgan fingerprint density at radius 3 is 2.86 bits per heavy atom. The average Bonchev–Trinajstić information content (AvgIpc) is 2.45. The van der Waals surface area contributed by atoms with Crippen LogP contribution in [0.3, 0.4) is 0 Å². The van der Waals surface area contributed by atoms with Crippen LogP contribution in [0.5, 0.6) is 5.75 Å². The topological polar surface area (TPSA) is 81.4 Å². The van der Waals surface area contributed by atoms with Gasteiger partial charge in [-0.1, -0.05) is 11.8 Å². The van der Waals surface area contributed by atoms with Crippen molar-refractivity contribution in [1.29, 1.82) is 0 Å². The number of thioether (sulfide) groups is 1. The Hall–Kier alpha value is -2.35. The second-order valence-corrected chi connectivity index (χ2v) is 4.86. The lowest BCUT2D eigenvalue weighted by Gasteiger charge is -2.12. The monoisotopic (exact) mass is 310 g/mol. The summed E-state index contributed by atoms with van der Waals surface area (Å²) in [6.45, 7) is 0. The Morgan fingerprint density at radius 1 is 1.48 bits per heavy atom. The van der Waals surface area contributed by atoms with E-state index in [-0.39, 0.29) is 16.7 Å². The molecule has 1 heterocycles. The van der Waals surface area contributed by atoms with Crippen LogP contribution in [-0.2, 0) is 4.79 Å². The number of benzene rings is 1. The molecule has 0 atom stereocenters. The quantitative estimate of drug-likeness (QED) is 0.666. The Balaban J connectivity index is 2.45. The zero-order valence-corrected chi connectivity index (χ0v) is 11.8. The minimum Gasteiger partial charge on any atom is -0.494 e. The van der Waals surface area contributed by atoms with Gasteiger partial charge in [-0.05, 0) is 12.1 Å². The maximum atomic E-state index is 13.7. The Labute approximate surface area is 123 Å². The van der Waals surface area contributed by atoms with E-state index < -0.39 is 17.3 Å². The van der Waals surface area contributed by atoms with Crippen LogP contribution in [0.1, 0.15) is 0 Å². The van der Waals surface area contributed by atoms with Crippen molar-refractivity contribution in [2.45, 2.75) is 5.16 Å². The molecule has 0 amide bonds. The van der Waals surface area contributed by atoms with Gasteiger partial charge in [-0.3, -0.25) is 14.2 Å². The SMILES string of the molecule is COc1ccc(-n2ccc(=O)nc2SCC(=O)O)cc1F. The summed E-state index contributed by atoms with van der Waals surface area (Å²) in [4.78, 5) is 25.7. The highest BCUT2D eigenvalue weighted by Gasteiger charge is 2.10. The van der Waals surface area contributed by atoms with Crippen LogP contribution in [0.4, 0.5) is 4.39 Å². The van der Waals surface area contributed by atoms with Crippen molar-refractivity contribution in [1.82, 2.24) is 9.55 Å². The molecule has 0 aliphatic rings. The van der Waals surface area contributed by atoms with E-state index in [0.717, 1.165) is 11.8 Å². The van der Waals surface area contributed by atoms with E-state index in [1.54, 1.807) is 6.07 Å². The first kappa shape index (κ1) is 15.0. The third-order valence-corrected chi connectivity index (χ3v) is 3.45. The zero-order chi connectivity index (χ0) is 15.4. The molecule has 0 bridgehead atoms. The van der Waals surface area contributed by atoms with Crippen molar-refractivity contribution in [3.8, 4) is 11.4 Å². The first-order valence-corrected chi connectivity index (χ1v) is 6.78. The Kier molecular flexibility index (Phi) is 4.59. The number of aromatic nitrogens is 2. The molecule has 2 rings (SSSR count). The van der Waals surface area contributed by atoms with Gasteiger partial charge < -0.3 is 9.84 Å². The van der Waals surface area contributed by atoms with E-state index in [1.165, 1.54) is 36.1 Å². The summed E-state index contributed by atoms with van der Waals surface area (Å²) in [7, 11) is 1.35. The van der Waals surface area contributed by atoms with Crippen molar-refractivity contribution in [2.24, 2.45) is 0 Å². The number of halogens is 1. The molecule has 8 heteroatoms. The van der Waals surface area contributed by atoms with Crippen molar-refractivity contribution in [3.63, 3.8) is 0 Å². The molecule has 0 unspecified atom stereocenters. The predicted molar refractivity (Wildman–Crippen MR) is 74.7 cm³/mol. The van der Waals surface area contributed by atoms with Gasteiger partial charge in [0, 0.05) is 18.3 Å². The number of ether oxygens (including phenoxy) is 1. The molecule has 0 aliphatic carbocycles. The lowest BCUT2D eigenvalue weighted by molar-refractivity contribution is -0.133. The van der Waals surface area contributed by atoms with Gasteiger partial charge in [0.2, 0.25) is 0 Å². The maximum Gasteiger partial charge on any atom is 0.313 e. The van der Waals surface area contributed by atoms with Crippen LogP contribution in [-0.4, -0.2) is 33.5 Å². The number of nitrogens with zero attached hydrogens (tertiary/aromatic N) is 2. The second-order valence-electron chi connectivity index (χ2n) is 3.92. The van der Waals surface area contributed by atoms with Gasteiger partial charge in [-0.15, -0.1) is 0 Å². The normalized spacial score (nSPS) is 10.4. The number of methoxy groups -OCH3 is 1. The number of carbonyl (C=O) groups is 1. The molecule has 0 spiro atoms. The van der Waals surface area contributed by atoms with Gasteiger partial charge in [0.25, 0.3) is 5.56 Å². The van der Waals surface area contributed by atoms with Crippen molar-refractivity contribution in [3.05, 3.63) is 46.6 Å². The number of hydrogen-bond donors (Lipinski definition) is 1. The van der Waals surface area contributed by atoms with E-state index in [1.807, 2.05) is 0 Å². The van der Waals surface area contributed by atoms with Gasteiger partial charge in [-0.2, -0.15) is 4.98 Å². The maximum absolute atomic E-state index is 13.7. The van der Waals surface area contributed by atoms with Gasteiger partial charge in [0.15, 0.2) is 16.7 Å². The molecule has 0 saturated carbocycles. The van der Waals surface area contributed by atoms with Crippen molar-refractivity contribution < 1.29 is 19.0 Å². The largest absolute Gasteiger partial charge is 0.494 e. The van der Waals surface area contributed by atoms with E-state index in [4.69, 9.17) is 9.84 Å². The van der Waals surface area contributed by atoms with E-state index in [2.05, 4.69) is 4.98 Å². The second kappa shape index (κ2) is 6.40. The Bertz CT molecular complexity index is 732. The molecular weight excluding hydrogens is 299 g/mol. The Morgan fingerprint density at radius 2 is 2.24 bits per heavy atom. The molecule has 21 heavy (non-hydrogen) atoms. The van der Waals surface area contributed by atoms with E-state index >= 15 is 0 Å². The number of hydrogen-bond acceptors (Lipinski definition) is 5. The standard InChI is InChI=1S/C13H11FN2O4S/c1-20-10-3-2-8(6-9(10)14)16-5-4-11(17)15-13(16)21-7-12(18)19/h2-6H,7H2,1H3,(H,18,19). The summed E-state index contributed by atoms with van der Waals surface area (Å²) in [5.74, 6) is -1.77. The van der Waals surface area contributed by atoms with Crippen LogP contribution >= 0.6 is 11.8 Å². The third kappa shape index (κ3) is 3.60. The molecule has 0 fully saturated rings. The summed E-state index contributed by atoms with van der Waals surface area (Å²) < 4.78 is 20.0. The average molecular weight is 310 g/mol. The predicted octanol–water partition coefficient (Wildman–Crippen LogP) is 1.56. The third-order valence-electron chi connectivity index (χ3n) is 2.52. The fraction of sp³-hybridized carbons (Fsp3) is 0.154. The smallest absolute Gasteiger partial charge is 0.313 e. The summed E-state index contributed by atoms with van der Waals surface area (Å²) in [6.07, 6.45) is 1.42. The molecule has 110 valence electrons. The minimum absolute atomic E-state index is 0.0903. The zero-order valence-electron chi connectivity index (χ0n) is 10.9. The van der Waals surface area contributed by atoms with Crippen LogP contribution < -0.4 is 10.3 Å². The van der Waals surface area contributed by atoms with E-state index in [9.17, 15) is 14.0 Å². The van der Waals surface area contributed by atoms with Gasteiger partial charge in [0.1, 0.15) is 0 Å². The summed E-state index contributed by atoms with van der Waals surface area (Å²) in [6, 6.07) is 5.45. The molecule has 6 nitrogen and oxygen atoms in total. The van der Waals surface area contributed by atoms with Gasteiger partial charge in [-0.25, -0.2) is 4.39 Å². The molecular formula is C13H11FN2O4S.